The van der Waals surface area contributed by atoms with Gasteiger partial charge in [-0.05, 0) is 0 Å². The van der Waals surface area contributed by atoms with E-state index in [1.807, 2.05) is 0 Å². The molecule has 59 valence electrons. The summed E-state index contributed by atoms with van der Waals surface area (Å²) in [6, 6.07) is 0. The Labute approximate surface area is 63.6 Å². The Morgan fingerprint density at radius 1 is 1.22 bits per heavy atom. The molecule has 0 saturated carbocycles. The minimum Gasteiger partial charge on any atom is -0.665 e. The molecule has 1 radical (unpaired) electrons. The summed E-state index contributed by atoms with van der Waals surface area (Å²) >= 11 is 0. The van der Waals surface area contributed by atoms with E-state index in [-0.39, 0.29) is 16.8 Å². The van der Waals surface area contributed by atoms with Crippen molar-refractivity contribution in [1.29, 1.82) is 0 Å². The second-order valence-electron chi connectivity index (χ2n) is 1.12. The van der Waals surface area contributed by atoms with E-state index in [0.717, 1.165) is 13.1 Å². The Balaban J connectivity index is 0. The van der Waals surface area contributed by atoms with Gasteiger partial charge in [-0.15, -0.1) is 0 Å². The summed E-state index contributed by atoms with van der Waals surface area (Å²) < 4.78 is 31.6. The molecule has 5 nitrogen and oxygen atoms in total. The minimum atomic E-state index is -4.67. The van der Waals surface area contributed by atoms with Gasteiger partial charge in [0.2, 0.25) is 0 Å². The molecule has 7 heteroatoms. The molecule has 0 aromatic heterocycles. The molecule has 1 fully saturated rings. The molecule has 1 heterocycles. The molecule has 0 aromatic carbocycles. The minimum absolute atomic E-state index is 0. The average Bonchev–Trinajstić information content (AvgIpc) is 1.95. The summed E-state index contributed by atoms with van der Waals surface area (Å²) in [5, 5.41) is 3.75. The van der Waals surface area contributed by atoms with E-state index in [0.29, 0.717) is 0 Å². The summed E-state index contributed by atoms with van der Waals surface area (Å²) in [4.78, 5) is 0. The maximum absolute atomic E-state index is 8.74. The monoisotopic (exact) mass is 199 g/mol. The van der Waals surface area contributed by atoms with Gasteiger partial charge in [0.1, 0.15) is 0 Å². The van der Waals surface area contributed by atoms with Crippen LogP contribution >= 0.6 is 0 Å². The number of nitrogens with zero attached hydrogens (tertiary/aromatic N) is 1. The predicted molar refractivity (Wildman–Crippen MR) is 27.3 cm³/mol. The van der Waals surface area contributed by atoms with Crippen LogP contribution in [0.2, 0.25) is 0 Å². The zero-order chi connectivity index (χ0) is 6.62. The van der Waals surface area contributed by atoms with E-state index in [4.69, 9.17) is 17.5 Å². The molecule has 1 aliphatic heterocycles. The number of rotatable bonds is 0. The summed E-state index contributed by atoms with van der Waals surface area (Å²) in [6.07, 6.45) is 0. The Bertz CT molecular complexity index is 130. The summed E-state index contributed by atoms with van der Waals surface area (Å²) in [5.41, 5.74) is 0. The summed E-state index contributed by atoms with van der Waals surface area (Å²) in [6.45, 7) is 2.25. The fourth-order valence-electron chi connectivity index (χ4n) is 0. The zero-order valence-corrected chi connectivity index (χ0v) is 6.17. The Morgan fingerprint density at radius 3 is 1.33 bits per heavy atom. The molecular formula is C2H6CoNO4S-. The van der Waals surface area contributed by atoms with Crippen molar-refractivity contribution in [2.45, 2.75) is 0 Å². The van der Waals surface area contributed by atoms with Crippen LogP contribution in [0.1, 0.15) is 0 Å². The molecule has 1 rings (SSSR count). The fraction of sp³-hybridized carbons (Fsp3) is 1.00. The van der Waals surface area contributed by atoms with Crippen LogP contribution in [-0.4, -0.2) is 30.6 Å². The van der Waals surface area contributed by atoms with Crippen molar-refractivity contribution in [2.24, 2.45) is 0 Å². The molecule has 0 bridgehead atoms. The molecule has 0 aromatic rings. The Hall–Kier alpha value is 0.336. The van der Waals surface area contributed by atoms with E-state index in [9.17, 15) is 0 Å². The van der Waals surface area contributed by atoms with Gasteiger partial charge in [-0.25, -0.2) is 0 Å². The first-order chi connectivity index (χ1) is 3.50. The molecule has 1 aliphatic rings. The molecule has 0 unspecified atom stereocenters. The number of hydrogen-bond donors (Lipinski definition) is 2. The van der Waals surface area contributed by atoms with Gasteiger partial charge < -0.3 is 5.32 Å². The van der Waals surface area contributed by atoms with Crippen LogP contribution < -0.4 is 0 Å². The molecule has 0 amide bonds. The molecule has 9 heavy (non-hydrogen) atoms. The molecule has 2 N–H and O–H groups in total. The predicted octanol–water partition coefficient (Wildman–Crippen LogP) is -0.282. The van der Waals surface area contributed by atoms with Gasteiger partial charge in [0, 0.05) is 16.8 Å². The van der Waals surface area contributed by atoms with E-state index in [1.54, 1.807) is 0 Å². The van der Waals surface area contributed by atoms with Crippen LogP contribution in [0, 0.1) is 0 Å². The average molecular weight is 199 g/mol. The third kappa shape index (κ3) is 187. The van der Waals surface area contributed by atoms with Crippen molar-refractivity contribution in [2.75, 3.05) is 13.1 Å². The third-order valence-electron chi connectivity index (χ3n) is 0.224. The van der Waals surface area contributed by atoms with Gasteiger partial charge in [0.25, 0.3) is 0 Å². The fourth-order valence-corrected chi connectivity index (χ4v) is 0. The SMILES string of the molecule is C1C[N-]1.O=S(=O)(O)O.[Co]. The summed E-state index contributed by atoms with van der Waals surface area (Å²) in [7, 11) is -4.67. The topological polar surface area (TPSA) is 88.7 Å². The first-order valence-electron chi connectivity index (χ1n) is 1.83. The maximum Gasteiger partial charge on any atom is 0.394 e. The number of hydrogen-bond acceptors (Lipinski definition) is 2. The van der Waals surface area contributed by atoms with Crippen molar-refractivity contribution in [3.63, 3.8) is 0 Å². The first-order valence-corrected chi connectivity index (χ1v) is 3.23. The molecule has 0 aliphatic carbocycles. The largest absolute Gasteiger partial charge is 0.665 e. The van der Waals surface area contributed by atoms with Gasteiger partial charge in [0.15, 0.2) is 0 Å². The van der Waals surface area contributed by atoms with Crippen LogP contribution in [0.25, 0.3) is 5.32 Å². The second-order valence-corrected chi connectivity index (χ2v) is 2.01. The normalized spacial score (nSPS) is 14.4. The summed E-state index contributed by atoms with van der Waals surface area (Å²) in [5.74, 6) is 0. The van der Waals surface area contributed by atoms with Crippen LogP contribution in [0.5, 0.6) is 0 Å². The van der Waals surface area contributed by atoms with Gasteiger partial charge in [0.05, 0.1) is 0 Å². The quantitative estimate of drug-likeness (QED) is 0.414. The van der Waals surface area contributed by atoms with Gasteiger partial charge in [-0.3, -0.25) is 9.11 Å². The molecule has 0 atom stereocenters. The zero-order valence-electron chi connectivity index (χ0n) is 4.31. The van der Waals surface area contributed by atoms with Gasteiger partial charge in [-0.1, -0.05) is 0 Å². The van der Waals surface area contributed by atoms with Crippen molar-refractivity contribution in [3.8, 4) is 0 Å². The van der Waals surface area contributed by atoms with Crippen molar-refractivity contribution < 1.29 is 34.3 Å². The van der Waals surface area contributed by atoms with E-state index < -0.39 is 10.4 Å². The van der Waals surface area contributed by atoms with Gasteiger partial charge >= 0.3 is 10.4 Å². The van der Waals surface area contributed by atoms with Crippen molar-refractivity contribution in [1.82, 2.24) is 0 Å². The molecule has 1 saturated heterocycles. The van der Waals surface area contributed by atoms with E-state index >= 15 is 0 Å². The standard InChI is InChI=1S/C2H4N.Co.H2O4S/c1-2-3-1;;1-5(2,3)4/h1-2H2;;(H2,1,2,3,4)/q-1;;. The van der Waals surface area contributed by atoms with Gasteiger partial charge in [-0.2, -0.15) is 21.5 Å². The van der Waals surface area contributed by atoms with Crippen LogP contribution in [0.15, 0.2) is 0 Å². The van der Waals surface area contributed by atoms with Crippen LogP contribution in [0.3, 0.4) is 0 Å². The van der Waals surface area contributed by atoms with Crippen molar-refractivity contribution >= 4 is 10.4 Å². The van der Waals surface area contributed by atoms with E-state index in [2.05, 4.69) is 5.32 Å². The maximum atomic E-state index is 8.74. The third-order valence-corrected chi connectivity index (χ3v) is 0.224. The van der Waals surface area contributed by atoms with E-state index in [1.165, 1.54) is 0 Å². The smallest absolute Gasteiger partial charge is 0.394 e. The molecular weight excluding hydrogens is 193 g/mol. The van der Waals surface area contributed by atoms with Crippen molar-refractivity contribution in [3.05, 3.63) is 5.32 Å². The Kier molecular flexibility index (Phi) is 6.89. The van der Waals surface area contributed by atoms with Crippen LogP contribution in [0.4, 0.5) is 0 Å². The molecule has 0 spiro atoms. The second kappa shape index (κ2) is 5.15. The first kappa shape index (κ1) is 12.1. The Morgan fingerprint density at radius 2 is 1.33 bits per heavy atom. The van der Waals surface area contributed by atoms with Crippen LogP contribution in [-0.2, 0) is 27.2 Å².